The molecule has 23 heavy (non-hydrogen) atoms. The van der Waals surface area contributed by atoms with Gasteiger partial charge in [0, 0.05) is 12.1 Å². The van der Waals surface area contributed by atoms with Crippen molar-refractivity contribution >= 4 is 21.6 Å². The van der Waals surface area contributed by atoms with Gasteiger partial charge in [0.2, 0.25) is 0 Å². The highest BCUT2D eigenvalue weighted by atomic mass is 32.1. The van der Waals surface area contributed by atoms with Crippen molar-refractivity contribution in [1.29, 1.82) is 0 Å². The molecule has 0 fully saturated rings. The van der Waals surface area contributed by atoms with Crippen molar-refractivity contribution in [3.05, 3.63) is 65.3 Å². The van der Waals surface area contributed by atoms with E-state index in [0.717, 1.165) is 29.1 Å². The Labute approximate surface area is 141 Å². The summed E-state index contributed by atoms with van der Waals surface area (Å²) in [6, 6.07) is 16.9. The molecule has 120 valence electrons. The first-order valence-corrected chi connectivity index (χ1v) is 8.55. The zero-order valence-electron chi connectivity index (χ0n) is 13.6. The van der Waals surface area contributed by atoms with Crippen LogP contribution < -0.4 is 11.5 Å². The Morgan fingerprint density at radius 2 is 1.83 bits per heavy atom. The number of nitrogens with zero attached hydrogens (tertiary/aromatic N) is 1. The molecule has 4 N–H and O–H groups in total. The fourth-order valence-electron chi connectivity index (χ4n) is 2.37. The molecule has 0 spiro atoms. The quantitative estimate of drug-likeness (QED) is 0.750. The number of rotatable bonds is 4. The zero-order chi connectivity index (χ0) is 16.7. The topological polar surface area (TPSA) is 64.9 Å². The molecule has 2 aromatic carbocycles. The summed E-state index contributed by atoms with van der Waals surface area (Å²) in [5.41, 5.74) is 14.9. The average Bonchev–Trinajstić information content (AvgIpc) is 2.99. The van der Waals surface area contributed by atoms with Gasteiger partial charge in [-0.3, -0.25) is 0 Å². The Hall–Kier alpha value is -2.17. The lowest BCUT2D eigenvalue weighted by Crippen LogP contribution is -2.00. The molecule has 3 aromatic rings. The maximum absolute atomic E-state index is 5.99. The standard InChI is InChI=1S/C18H18N2S.CH5N/c1-2-6-15(19)12-18-20-16-10-9-14(11-17(16)21-18)13-7-4-3-5-8-13;1-2/h3-11H,2,12,19H2,1H3;2H2,1H3/b15-6-;. The molecule has 0 aliphatic carbocycles. The van der Waals surface area contributed by atoms with Crippen LogP contribution in [0.25, 0.3) is 21.3 Å². The number of hydrogen-bond acceptors (Lipinski definition) is 4. The van der Waals surface area contributed by atoms with Crippen LogP contribution in [-0.4, -0.2) is 12.0 Å². The van der Waals surface area contributed by atoms with E-state index in [2.05, 4.69) is 66.2 Å². The van der Waals surface area contributed by atoms with Crippen molar-refractivity contribution in [2.75, 3.05) is 7.05 Å². The number of hydrogen-bond donors (Lipinski definition) is 2. The Bertz CT molecular complexity index is 776. The summed E-state index contributed by atoms with van der Waals surface area (Å²) in [4.78, 5) is 4.67. The highest BCUT2D eigenvalue weighted by Gasteiger charge is 2.06. The third-order valence-electron chi connectivity index (χ3n) is 3.36. The van der Waals surface area contributed by atoms with Crippen molar-refractivity contribution < 1.29 is 0 Å². The molecule has 0 radical (unpaired) electrons. The molecule has 0 saturated heterocycles. The third-order valence-corrected chi connectivity index (χ3v) is 4.38. The van der Waals surface area contributed by atoms with Crippen molar-refractivity contribution in [1.82, 2.24) is 4.98 Å². The highest BCUT2D eigenvalue weighted by Crippen LogP contribution is 2.28. The van der Waals surface area contributed by atoms with Gasteiger partial charge >= 0.3 is 0 Å². The first-order chi connectivity index (χ1) is 11.3. The van der Waals surface area contributed by atoms with Crippen LogP contribution in [0.1, 0.15) is 18.4 Å². The molecule has 3 rings (SSSR count). The fourth-order valence-corrected chi connectivity index (χ4v) is 3.41. The summed E-state index contributed by atoms with van der Waals surface area (Å²) in [6.07, 6.45) is 3.77. The molecule has 0 saturated carbocycles. The van der Waals surface area contributed by atoms with Crippen LogP contribution >= 0.6 is 11.3 Å². The molecule has 0 aliphatic heterocycles. The van der Waals surface area contributed by atoms with E-state index in [1.807, 2.05) is 6.07 Å². The molecular weight excluding hydrogens is 302 g/mol. The summed E-state index contributed by atoms with van der Waals surface area (Å²) in [5.74, 6) is 0. The molecule has 0 aliphatic rings. The molecular formula is C19H23N3S. The van der Waals surface area contributed by atoms with Crippen LogP contribution in [0.3, 0.4) is 0 Å². The lowest BCUT2D eigenvalue weighted by molar-refractivity contribution is 1.05. The van der Waals surface area contributed by atoms with Crippen LogP contribution in [-0.2, 0) is 6.42 Å². The number of nitrogens with two attached hydrogens (primary N) is 2. The van der Waals surface area contributed by atoms with Gasteiger partial charge in [0.15, 0.2) is 0 Å². The number of aromatic nitrogens is 1. The molecule has 4 heteroatoms. The number of fused-ring (bicyclic) bond motifs is 1. The number of allylic oxidation sites excluding steroid dienone is 2. The second-order valence-corrected chi connectivity index (χ2v) is 6.14. The fraction of sp³-hybridized carbons (Fsp3) is 0.211. The molecule has 0 bridgehead atoms. The minimum absolute atomic E-state index is 0.744. The van der Waals surface area contributed by atoms with Gasteiger partial charge in [-0.2, -0.15) is 0 Å². The van der Waals surface area contributed by atoms with E-state index in [1.165, 1.54) is 22.9 Å². The number of benzene rings is 2. The van der Waals surface area contributed by atoms with Crippen LogP contribution in [0.15, 0.2) is 60.3 Å². The van der Waals surface area contributed by atoms with Crippen molar-refractivity contribution in [3.8, 4) is 11.1 Å². The Morgan fingerprint density at radius 3 is 2.52 bits per heavy atom. The zero-order valence-corrected chi connectivity index (χ0v) is 14.4. The number of thiazole rings is 1. The summed E-state index contributed by atoms with van der Waals surface area (Å²) in [7, 11) is 1.50. The van der Waals surface area contributed by atoms with Crippen LogP contribution in [0.2, 0.25) is 0 Å². The van der Waals surface area contributed by atoms with Crippen LogP contribution in [0.4, 0.5) is 0 Å². The van der Waals surface area contributed by atoms with Gasteiger partial charge in [-0.25, -0.2) is 4.98 Å². The second kappa shape index (κ2) is 8.46. The Morgan fingerprint density at radius 1 is 1.09 bits per heavy atom. The van der Waals surface area contributed by atoms with E-state index in [9.17, 15) is 0 Å². The Balaban J connectivity index is 0.000000924. The largest absolute Gasteiger partial charge is 0.402 e. The average molecular weight is 325 g/mol. The lowest BCUT2D eigenvalue weighted by Gasteiger charge is -2.00. The SMILES string of the molecule is CC/C=C(\N)Cc1nc2ccc(-c3ccccc3)cc2s1.CN. The first kappa shape index (κ1) is 17.2. The predicted molar refractivity (Wildman–Crippen MR) is 101 cm³/mol. The monoisotopic (exact) mass is 325 g/mol. The summed E-state index contributed by atoms with van der Waals surface area (Å²) >= 11 is 1.73. The highest BCUT2D eigenvalue weighted by molar-refractivity contribution is 7.18. The van der Waals surface area contributed by atoms with E-state index in [4.69, 9.17) is 5.73 Å². The van der Waals surface area contributed by atoms with E-state index < -0.39 is 0 Å². The second-order valence-electron chi connectivity index (χ2n) is 5.02. The van der Waals surface area contributed by atoms with Gasteiger partial charge < -0.3 is 11.5 Å². The summed E-state index contributed by atoms with van der Waals surface area (Å²) in [5, 5.41) is 1.08. The first-order valence-electron chi connectivity index (χ1n) is 7.73. The van der Waals surface area contributed by atoms with E-state index in [1.54, 1.807) is 11.3 Å². The van der Waals surface area contributed by atoms with Gasteiger partial charge in [0.05, 0.1) is 15.2 Å². The van der Waals surface area contributed by atoms with Crippen LogP contribution in [0.5, 0.6) is 0 Å². The maximum Gasteiger partial charge on any atom is 0.0997 e. The normalized spacial score (nSPS) is 11.2. The summed E-state index contributed by atoms with van der Waals surface area (Å²) < 4.78 is 1.22. The Kier molecular flexibility index (Phi) is 6.32. The van der Waals surface area contributed by atoms with Gasteiger partial charge in [-0.05, 0) is 36.7 Å². The minimum atomic E-state index is 0.744. The van der Waals surface area contributed by atoms with Crippen molar-refractivity contribution in [2.45, 2.75) is 19.8 Å². The van der Waals surface area contributed by atoms with Crippen molar-refractivity contribution in [2.24, 2.45) is 11.5 Å². The van der Waals surface area contributed by atoms with Gasteiger partial charge in [-0.15, -0.1) is 11.3 Å². The van der Waals surface area contributed by atoms with Gasteiger partial charge in [0.25, 0.3) is 0 Å². The van der Waals surface area contributed by atoms with Gasteiger partial charge in [-0.1, -0.05) is 49.4 Å². The van der Waals surface area contributed by atoms with Crippen LogP contribution in [0, 0.1) is 0 Å². The maximum atomic E-state index is 5.99. The molecule has 0 amide bonds. The van der Waals surface area contributed by atoms with E-state index in [0.29, 0.717) is 0 Å². The third kappa shape index (κ3) is 4.41. The lowest BCUT2D eigenvalue weighted by atomic mass is 10.1. The summed E-state index contributed by atoms with van der Waals surface area (Å²) in [6.45, 7) is 2.09. The van der Waals surface area contributed by atoms with Gasteiger partial charge in [0.1, 0.15) is 0 Å². The van der Waals surface area contributed by atoms with Crippen molar-refractivity contribution in [3.63, 3.8) is 0 Å². The molecule has 3 nitrogen and oxygen atoms in total. The predicted octanol–water partition coefficient (Wildman–Crippen LogP) is 4.33. The minimum Gasteiger partial charge on any atom is -0.402 e. The molecule has 0 unspecified atom stereocenters. The van der Waals surface area contributed by atoms with E-state index in [-0.39, 0.29) is 0 Å². The molecule has 1 heterocycles. The smallest absolute Gasteiger partial charge is 0.0997 e. The molecule has 1 aromatic heterocycles. The van der Waals surface area contributed by atoms with E-state index >= 15 is 0 Å². The molecule has 0 atom stereocenters.